The number of thioether (sulfide) groups is 1. The quantitative estimate of drug-likeness (QED) is 0.792. The van der Waals surface area contributed by atoms with Crippen LogP contribution >= 0.6 is 11.8 Å². The third-order valence-electron chi connectivity index (χ3n) is 3.88. The molecule has 2 aliphatic rings. The minimum absolute atomic E-state index is 0.0472. The number of carbonyl (C=O) groups is 2. The number of amides is 1. The summed E-state index contributed by atoms with van der Waals surface area (Å²) in [5, 5.41) is 2.33. The molecule has 2 aromatic rings. The Balaban J connectivity index is 1.46. The van der Waals surface area contributed by atoms with Crippen LogP contribution in [0.1, 0.15) is 10.4 Å². The van der Waals surface area contributed by atoms with Gasteiger partial charge in [-0.3, -0.25) is 9.59 Å². The number of Topliss-reactive ketones (excluding diaryl/α,β-unsaturated/α-hetero) is 1. The van der Waals surface area contributed by atoms with Crippen LogP contribution in [0.4, 0.5) is 0 Å². The third kappa shape index (κ3) is 3.33. The number of carbonyl (C=O) groups excluding carboxylic acids is 2. The number of rotatable bonds is 3. The number of hydrogen-bond donors (Lipinski definition) is 0. The van der Waals surface area contributed by atoms with Crippen molar-refractivity contribution < 1.29 is 19.1 Å². The molecule has 0 N–H and O–H groups in total. The number of benzene rings is 2. The molecule has 25 heavy (non-hydrogen) atoms. The van der Waals surface area contributed by atoms with Crippen LogP contribution in [0.25, 0.3) is 10.8 Å². The van der Waals surface area contributed by atoms with Gasteiger partial charge in [-0.05, 0) is 16.8 Å². The summed E-state index contributed by atoms with van der Waals surface area (Å²) in [6, 6.07) is 13.5. The van der Waals surface area contributed by atoms with Crippen molar-refractivity contribution in [1.82, 2.24) is 0 Å². The van der Waals surface area contributed by atoms with Gasteiger partial charge in [0, 0.05) is 5.56 Å². The van der Waals surface area contributed by atoms with E-state index in [2.05, 4.69) is 9.98 Å². The second kappa shape index (κ2) is 6.78. The van der Waals surface area contributed by atoms with E-state index in [1.807, 2.05) is 36.4 Å². The molecular formula is C18H14N2O4S. The Morgan fingerprint density at radius 2 is 1.96 bits per heavy atom. The average molecular weight is 354 g/mol. The standard InChI is InChI=1S/C18H14N2O4S/c21-14(13-6-5-11-3-1-2-4-12(11)9-13)10-25-18-19-16(22)15-17(20-18)24-8-7-23-15/h1-6,9,15H,7-8,10H2. The maximum atomic E-state index is 12.4. The van der Waals surface area contributed by atoms with E-state index in [4.69, 9.17) is 9.47 Å². The van der Waals surface area contributed by atoms with Gasteiger partial charge in [-0.15, -0.1) is 0 Å². The van der Waals surface area contributed by atoms with E-state index >= 15 is 0 Å². The van der Waals surface area contributed by atoms with Crippen LogP contribution in [0.15, 0.2) is 52.4 Å². The lowest BCUT2D eigenvalue weighted by atomic mass is 10.1. The van der Waals surface area contributed by atoms with Gasteiger partial charge in [-0.2, -0.15) is 9.98 Å². The Morgan fingerprint density at radius 1 is 1.12 bits per heavy atom. The van der Waals surface area contributed by atoms with Gasteiger partial charge in [-0.25, -0.2) is 0 Å². The van der Waals surface area contributed by atoms with E-state index in [1.165, 1.54) is 0 Å². The zero-order valence-electron chi connectivity index (χ0n) is 13.2. The Kier molecular flexibility index (Phi) is 4.33. The van der Waals surface area contributed by atoms with Crippen LogP contribution in [0.3, 0.4) is 0 Å². The fraction of sp³-hybridized carbons (Fsp3) is 0.222. The Labute approximate surface area is 147 Å². The second-order valence-electron chi connectivity index (χ2n) is 5.56. The van der Waals surface area contributed by atoms with Gasteiger partial charge in [0.15, 0.2) is 11.0 Å². The second-order valence-corrected chi connectivity index (χ2v) is 6.50. The van der Waals surface area contributed by atoms with E-state index in [0.717, 1.165) is 22.5 Å². The summed E-state index contributed by atoms with van der Waals surface area (Å²) >= 11 is 1.12. The lowest BCUT2D eigenvalue weighted by molar-refractivity contribution is -0.128. The number of ketones is 1. The molecule has 4 rings (SSSR count). The van der Waals surface area contributed by atoms with Gasteiger partial charge in [0.25, 0.3) is 5.91 Å². The zero-order chi connectivity index (χ0) is 17.2. The predicted molar refractivity (Wildman–Crippen MR) is 96.3 cm³/mol. The minimum atomic E-state index is -0.839. The topological polar surface area (TPSA) is 77.3 Å². The highest BCUT2D eigenvalue weighted by molar-refractivity contribution is 8.14. The summed E-state index contributed by atoms with van der Waals surface area (Å²) in [6.45, 7) is 0.699. The largest absolute Gasteiger partial charge is 0.476 e. The van der Waals surface area contributed by atoms with Gasteiger partial charge in [0.1, 0.15) is 6.61 Å². The number of ether oxygens (including phenoxy) is 2. The van der Waals surface area contributed by atoms with Gasteiger partial charge in [0.2, 0.25) is 12.0 Å². The fourth-order valence-corrected chi connectivity index (χ4v) is 3.38. The molecule has 1 amide bonds. The van der Waals surface area contributed by atoms with Crippen molar-refractivity contribution in [3.8, 4) is 0 Å². The summed E-state index contributed by atoms with van der Waals surface area (Å²) in [4.78, 5) is 32.4. The number of amidine groups is 1. The molecule has 2 aliphatic heterocycles. The van der Waals surface area contributed by atoms with Crippen molar-refractivity contribution in [3.05, 3.63) is 48.0 Å². The van der Waals surface area contributed by atoms with Crippen molar-refractivity contribution in [3.63, 3.8) is 0 Å². The first-order valence-corrected chi connectivity index (χ1v) is 8.79. The Morgan fingerprint density at radius 3 is 2.84 bits per heavy atom. The number of nitrogens with zero attached hydrogens (tertiary/aromatic N) is 2. The third-order valence-corrected chi connectivity index (χ3v) is 4.73. The number of hydrogen-bond acceptors (Lipinski definition) is 6. The first-order chi connectivity index (χ1) is 12.2. The maximum Gasteiger partial charge on any atom is 0.286 e. The molecule has 0 spiro atoms. The molecule has 0 bridgehead atoms. The molecule has 0 radical (unpaired) electrons. The monoisotopic (exact) mass is 354 g/mol. The van der Waals surface area contributed by atoms with Crippen LogP contribution in [0.5, 0.6) is 0 Å². The van der Waals surface area contributed by atoms with E-state index in [0.29, 0.717) is 18.8 Å². The van der Waals surface area contributed by atoms with Gasteiger partial charge in [-0.1, -0.05) is 48.2 Å². The lowest BCUT2D eigenvalue weighted by Gasteiger charge is -2.24. The molecule has 2 heterocycles. The summed E-state index contributed by atoms with van der Waals surface area (Å²) < 4.78 is 10.6. The molecule has 1 atom stereocenters. The van der Waals surface area contributed by atoms with E-state index < -0.39 is 12.0 Å². The highest BCUT2D eigenvalue weighted by Gasteiger charge is 2.34. The predicted octanol–water partition coefficient (Wildman–Crippen LogP) is 2.47. The molecule has 0 aliphatic carbocycles. The van der Waals surface area contributed by atoms with Crippen molar-refractivity contribution in [2.75, 3.05) is 19.0 Å². The van der Waals surface area contributed by atoms with E-state index in [9.17, 15) is 9.59 Å². The van der Waals surface area contributed by atoms with Crippen molar-refractivity contribution >= 4 is 45.3 Å². The van der Waals surface area contributed by atoms with Gasteiger partial charge >= 0.3 is 0 Å². The van der Waals surface area contributed by atoms with Gasteiger partial charge < -0.3 is 9.47 Å². The van der Waals surface area contributed by atoms with Crippen molar-refractivity contribution in [2.45, 2.75) is 6.10 Å². The first kappa shape index (κ1) is 16.0. The summed E-state index contributed by atoms with van der Waals surface area (Å²) in [7, 11) is 0. The number of fused-ring (bicyclic) bond motifs is 2. The summed E-state index contributed by atoms with van der Waals surface area (Å²) in [5.41, 5.74) is 0.622. The normalized spacial score (nSPS) is 19.7. The van der Waals surface area contributed by atoms with Crippen LogP contribution in [0, 0.1) is 0 Å². The fourth-order valence-electron chi connectivity index (χ4n) is 2.64. The molecule has 7 heteroatoms. The molecule has 6 nitrogen and oxygen atoms in total. The lowest BCUT2D eigenvalue weighted by Crippen LogP contribution is -2.42. The van der Waals surface area contributed by atoms with Crippen molar-refractivity contribution in [2.24, 2.45) is 9.98 Å². The Bertz CT molecular complexity index is 922. The molecular weight excluding hydrogens is 340 g/mol. The molecule has 1 unspecified atom stereocenters. The average Bonchev–Trinajstić information content (AvgIpc) is 2.66. The first-order valence-electron chi connectivity index (χ1n) is 7.81. The molecule has 0 aromatic heterocycles. The molecule has 2 aromatic carbocycles. The van der Waals surface area contributed by atoms with Crippen LogP contribution in [-0.2, 0) is 14.3 Å². The molecule has 1 fully saturated rings. The highest BCUT2D eigenvalue weighted by Crippen LogP contribution is 2.20. The zero-order valence-corrected chi connectivity index (χ0v) is 14.0. The van der Waals surface area contributed by atoms with Crippen LogP contribution in [-0.4, -0.2) is 47.8 Å². The smallest absolute Gasteiger partial charge is 0.286 e. The summed E-state index contributed by atoms with van der Waals surface area (Å²) in [6.07, 6.45) is -0.839. The number of aliphatic imine (C=N–C) groups is 2. The molecule has 0 saturated carbocycles. The van der Waals surface area contributed by atoms with Crippen molar-refractivity contribution in [1.29, 1.82) is 0 Å². The molecule has 1 saturated heterocycles. The Hall–Kier alpha value is -2.51. The molecule has 126 valence electrons. The maximum absolute atomic E-state index is 12.4. The van der Waals surface area contributed by atoms with Crippen LogP contribution < -0.4 is 0 Å². The SMILES string of the molecule is O=C(CSC1=NC(=O)C2OCCOC2=N1)c1ccc2ccccc2c1. The van der Waals surface area contributed by atoms with E-state index in [1.54, 1.807) is 6.07 Å². The van der Waals surface area contributed by atoms with Gasteiger partial charge in [0.05, 0.1) is 12.4 Å². The summed E-state index contributed by atoms with van der Waals surface area (Å²) in [5.74, 6) is -0.112. The highest BCUT2D eigenvalue weighted by atomic mass is 32.2. The van der Waals surface area contributed by atoms with E-state index in [-0.39, 0.29) is 22.6 Å². The minimum Gasteiger partial charge on any atom is -0.476 e. The van der Waals surface area contributed by atoms with Crippen LogP contribution in [0.2, 0.25) is 0 Å².